The zero-order valence-corrected chi connectivity index (χ0v) is 12.8. The molecule has 0 fully saturated rings. The summed E-state index contributed by atoms with van der Waals surface area (Å²) < 4.78 is 19.4. The molecule has 0 atom stereocenters. The Labute approximate surface area is 125 Å². The number of halogens is 3. The van der Waals surface area contributed by atoms with Crippen molar-refractivity contribution in [3.05, 3.63) is 58.4 Å². The molecular weight excluding hydrogens is 331 g/mol. The van der Waals surface area contributed by atoms with Gasteiger partial charge in [-0.3, -0.25) is 0 Å². The van der Waals surface area contributed by atoms with Crippen molar-refractivity contribution in [2.24, 2.45) is 0 Å². The third-order valence-corrected chi connectivity index (χ3v) is 3.76. The summed E-state index contributed by atoms with van der Waals surface area (Å²) in [5.41, 5.74) is 1.52. The highest BCUT2D eigenvalue weighted by Crippen LogP contribution is 2.31. The van der Waals surface area contributed by atoms with Gasteiger partial charge in [-0.15, -0.1) is 0 Å². The van der Waals surface area contributed by atoms with Crippen LogP contribution in [0.4, 0.5) is 4.39 Å². The molecule has 0 aliphatic heterocycles. The molecule has 19 heavy (non-hydrogen) atoms. The molecule has 2 aromatic carbocycles. The van der Waals surface area contributed by atoms with Gasteiger partial charge < -0.3 is 4.74 Å². The van der Waals surface area contributed by atoms with Crippen LogP contribution in [-0.4, -0.2) is 0 Å². The maximum absolute atomic E-state index is 13.6. The Balaban J connectivity index is 2.33. The van der Waals surface area contributed by atoms with Crippen LogP contribution in [0.5, 0.6) is 11.5 Å². The van der Waals surface area contributed by atoms with Gasteiger partial charge in [-0.05, 0) is 42.3 Å². The van der Waals surface area contributed by atoms with Gasteiger partial charge in [0.2, 0.25) is 0 Å². The predicted octanol–water partition coefficient (Wildman–Crippen LogP) is 5.73. The Kier molecular flexibility index (Phi) is 4.83. The first-order valence-corrected chi connectivity index (χ1v) is 7.45. The number of hydrogen-bond donors (Lipinski definition) is 0. The van der Waals surface area contributed by atoms with Gasteiger partial charge in [-0.1, -0.05) is 40.5 Å². The van der Waals surface area contributed by atoms with E-state index in [0.29, 0.717) is 22.4 Å². The molecule has 0 saturated heterocycles. The maximum Gasteiger partial charge on any atom is 0.134 e. The van der Waals surface area contributed by atoms with Crippen molar-refractivity contribution in [1.29, 1.82) is 0 Å². The van der Waals surface area contributed by atoms with Gasteiger partial charge in [0, 0.05) is 15.9 Å². The lowest BCUT2D eigenvalue weighted by atomic mass is 10.1. The van der Waals surface area contributed by atoms with Crippen molar-refractivity contribution < 1.29 is 9.13 Å². The van der Waals surface area contributed by atoms with E-state index in [2.05, 4.69) is 15.9 Å². The minimum Gasteiger partial charge on any atom is -0.457 e. The normalized spacial score (nSPS) is 10.5. The monoisotopic (exact) mass is 342 g/mol. The van der Waals surface area contributed by atoms with E-state index in [-0.39, 0.29) is 5.82 Å². The molecule has 1 nitrogen and oxygen atoms in total. The summed E-state index contributed by atoms with van der Waals surface area (Å²) >= 11 is 9.33. The summed E-state index contributed by atoms with van der Waals surface area (Å²) in [5.74, 6) is 0.898. The van der Waals surface area contributed by atoms with Crippen molar-refractivity contribution in [1.82, 2.24) is 0 Å². The van der Waals surface area contributed by atoms with E-state index in [1.54, 1.807) is 24.3 Å². The number of ether oxygens (including phenoxy) is 1. The van der Waals surface area contributed by atoms with Gasteiger partial charge in [0.1, 0.15) is 17.3 Å². The number of hydrogen-bond acceptors (Lipinski definition) is 1. The zero-order valence-electron chi connectivity index (χ0n) is 10.4. The fraction of sp³-hybridized carbons (Fsp3) is 0.200. The lowest BCUT2D eigenvalue weighted by molar-refractivity contribution is 0.470. The standard InChI is InChI=1S/C15H13BrClFO/c1-2-10-8-11(6-7-13(10)17)19-15-5-3-4-14(18)12(15)9-16/h3-8H,2,9H2,1H3. The van der Waals surface area contributed by atoms with E-state index in [1.807, 2.05) is 13.0 Å². The Morgan fingerprint density at radius 1 is 1.26 bits per heavy atom. The van der Waals surface area contributed by atoms with E-state index in [1.165, 1.54) is 6.07 Å². The molecule has 2 rings (SSSR count). The third kappa shape index (κ3) is 3.28. The van der Waals surface area contributed by atoms with Crippen molar-refractivity contribution in [2.45, 2.75) is 18.7 Å². The van der Waals surface area contributed by atoms with Crippen LogP contribution < -0.4 is 4.74 Å². The molecule has 0 aliphatic carbocycles. The lowest BCUT2D eigenvalue weighted by Gasteiger charge is -2.11. The Bertz CT molecular complexity index is 586. The SMILES string of the molecule is CCc1cc(Oc2cccc(F)c2CBr)ccc1Cl. The van der Waals surface area contributed by atoms with Gasteiger partial charge in [0.05, 0.1) is 0 Å². The van der Waals surface area contributed by atoms with Gasteiger partial charge in [-0.25, -0.2) is 4.39 Å². The summed E-state index contributed by atoms with van der Waals surface area (Å²) in [6.07, 6.45) is 0.824. The second kappa shape index (κ2) is 6.40. The van der Waals surface area contributed by atoms with E-state index >= 15 is 0 Å². The fourth-order valence-electron chi connectivity index (χ4n) is 1.78. The summed E-state index contributed by atoms with van der Waals surface area (Å²) in [5, 5.41) is 1.12. The van der Waals surface area contributed by atoms with Crippen molar-refractivity contribution >= 4 is 27.5 Å². The van der Waals surface area contributed by atoms with Crippen LogP contribution in [0.2, 0.25) is 5.02 Å². The first-order chi connectivity index (χ1) is 9.15. The van der Waals surface area contributed by atoms with E-state index < -0.39 is 0 Å². The largest absolute Gasteiger partial charge is 0.457 e. The van der Waals surface area contributed by atoms with Gasteiger partial charge in [-0.2, -0.15) is 0 Å². The van der Waals surface area contributed by atoms with Crippen LogP contribution in [0.1, 0.15) is 18.1 Å². The maximum atomic E-state index is 13.6. The molecule has 0 N–H and O–H groups in total. The summed E-state index contributed by atoms with van der Waals surface area (Å²) in [6.45, 7) is 2.02. The molecule has 100 valence electrons. The topological polar surface area (TPSA) is 9.23 Å². The molecular formula is C15H13BrClFO. The summed E-state index contributed by atoms with van der Waals surface area (Å²) in [6, 6.07) is 10.3. The third-order valence-electron chi connectivity index (χ3n) is 2.84. The molecule has 0 spiro atoms. The highest BCUT2D eigenvalue weighted by molar-refractivity contribution is 9.08. The minimum atomic E-state index is -0.279. The van der Waals surface area contributed by atoms with E-state index in [4.69, 9.17) is 16.3 Å². The van der Waals surface area contributed by atoms with Crippen molar-refractivity contribution in [3.63, 3.8) is 0 Å². The molecule has 0 aliphatic rings. The molecule has 0 radical (unpaired) electrons. The van der Waals surface area contributed by atoms with Gasteiger partial charge in [0.15, 0.2) is 0 Å². The van der Waals surface area contributed by atoms with Crippen LogP contribution >= 0.6 is 27.5 Å². The van der Waals surface area contributed by atoms with E-state index in [9.17, 15) is 4.39 Å². The van der Waals surface area contributed by atoms with Crippen LogP contribution in [0.3, 0.4) is 0 Å². The Morgan fingerprint density at radius 3 is 2.74 bits per heavy atom. The molecule has 4 heteroatoms. The lowest BCUT2D eigenvalue weighted by Crippen LogP contribution is -1.94. The molecule has 2 aromatic rings. The smallest absolute Gasteiger partial charge is 0.134 e. The molecule has 0 unspecified atom stereocenters. The highest BCUT2D eigenvalue weighted by Gasteiger charge is 2.10. The minimum absolute atomic E-state index is 0.279. The number of benzene rings is 2. The molecule has 0 aromatic heterocycles. The Morgan fingerprint density at radius 2 is 2.05 bits per heavy atom. The second-order valence-corrected chi connectivity index (χ2v) is 5.03. The molecule has 0 bridgehead atoms. The van der Waals surface area contributed by atoms with Gasteiger partial charge >= 0.3 is 0 Å². The molecule has 0 saturated carbocycles. The average Bonchev–Trinajstić information content (AvgIpc) is 2.41. The van der Waals surface area contributed by atoms with Crippen LogP contribution in [-0.2, 0) is 11.8 Å². The number of rotatable bonds is 4. The molecule has 0 heterocycles. The van der Waals surface area contributed by atoms with Crippen molar-refractivity contribution in [3.8, 4) is 11.5 Å². The molecule has 0 amide bonds. The summed E-state index contributed by atoms with van der Waals surface area (Å²) in [4.78, 5) is 0. The zero-order chi connectivity index (χ0) is 13.8. The van der Waals surface area contributed by atoms with E-state index in [0.717, 1.165) is 17.0 Å². The quantitative estimate of drug-likeness (QED) is 0.644. The average molecular weight is 344 g/mol. The van der Waals surface area contributed by atoms with Crippen LogP contribution in [0, 0.1) is 5.82 Å². The second-order valence-electron chi connectivity index (χ2n) is 4.06. The number of alkyl halides is 1. The van der Waals surface area contributed by atoms with Gasteiger partial charge in [0.25, 0.3) is 0 Å². The highest BCUT2D eigenvalue weighted by atomic mass is 79.9. The Hall–Kier alpha value is -1.06. The fourth-order valence-corrected chi connectivity index (χ4v) is 2.57. The van der Waals surface area contributed by atoms with Crippen LogP contribution in [0.15, 0.2) is 36.4 Å². The summed E-state index contributed by atoms with van der Waals surface area (Å²) in [7, 11) is 0. The van der Waals surface area contributed by atoms with Crippen LogP contribution in [0.25, 0.3) is 0 Å². The van der Waals surface area contributed by atoms with Crippen molar-refractivity contribution in [2.75, 3.05) is 0 Å². The first kappa shape index (κ1) is 14.4. The predicted molar refractivity (Wildman–Crippen MR) is 79.9 cm³/mol. The number of aryl methyl sites for hydroxylation is 1. The first-order valence-electron chi connectivity index (χ1n) is 5.95.